The molecule has 0 aliphatic heterocycles. The van der Waals surface area contributed by atoms with Crippen molar-refractivity contribution in [3.8, 4) is 5.06 Å². The van der Waals surface area contributed by atoms with Gasteiger partial charge in [-0.05, 0) is 22.6 Å². The summed E-state index contributed by atoms with van der Waals surface area (Å²) in [5.74, 6) is 0. The van der Waals surface area contributed by atoms with Gasteiger partial charge in [-0.2, -0.15) is 0 Å². The Labute approximate surface area is 98.3 Å². The summed E-state index contributed by atoms with van der Waals surface area (Å²) >= 11 is 3.20. The highest BCUT2D eigenvalue weighted by atomic mass is 127. The maximum atomic E-state index is 9.50. The number of rotatable bonds is 1. The Morgan fingerprint density at radius 3 is 2.64 bits per heavy atom. The fourth-order valence-corrected chi connectivity index (χ4v) is 3.23. The van der Waals surface area contributed by atoms with E-state index < -0.39 is 7.12 Å². The molecule has 1 heterocycles. The monoisotopic (exact) mass is 320 g/mol. The van der Waals surface area contributed by atoms with Gasteiger partial charge in [0.2, 0.25) is 0 Å². The van der Waals surface area contributed by atoms with E-state index in [1.165, 1.54) is 0 Å². The predicted molar refractivity (Wildman–Crippen MR) is 66.0 cm³/mol. The summed E-state index contributed by atoms with van der Waals surface area (Å²) in [5.41, 5.74) is 0.436. The lowest BCUT2D eigenvalue weighted by Crippen LogP contribution is -2.29. The lowest BCUT2D eigenvalue weighted by atomic mass is 9.80. The molecule has 6 heteroatoms. The summed E-state index contributed by atoms with van der Waals surface area (Å²) < 4.78 is 1.48. The second-order valence-electron chi connectivity index (χ2n) is 2.82. The van der Waals surface area contributed by atoms with Gasteiger partial charge in [0, 0.05) is 15.5 Å². The van der Waals surface area contributed by atoms with Gasteiger partial charge in [-0.3, -0.25) is 0 Å². The van der Waals surface area contributed by atoms with E-state index in [0.29, 0.717) is 5.46 Å². The highest BCUT2D eigenvalue weighted by molar-refractivity contribution is 14.1. The Morgan fingerprint density at radius 1 is 1.29 bits per heavy atom. The van der Waals surface area contributed by atoms with Crippen LogP contribution in [0.3, 0.4) is 0 Å². The fraction of sp³-hybridized carbons (Fsp3) is 0. The van der Waals surface area contributed by atoms with Crippen LogP contribution in [-0.4, -0.2) is 22.3 Å². The molecule has 1 aromatic heterocycles. The average molecular weight is 320 g/mol. The summed E-state index contributed by atoms with van der Waals surface area (Å²) in [5, 5.41) is 28.8. The van der Waals surface area contributed by atoms with Crippen molar-refractivity contribution in [2.24, 2.45) is 0 Å². The molecule has 0 fully saturated rings. The first-order chi connectivity index (χ1) is 6.61. The van der Waals surface area contributed by atoms with Gasteiger partial charge >= 0.3 is 7.12 Å². The quantitative estimate of drug-likeness (QED) is 0.540. The third-order valence-electron chi connectivity index (χ3n) is 1.95. The van der Waals surface area contributed by atoms with Gasteiger partial charge in [-0.15, -0.1) is 0 Å². The second-order valence-corrected chi connectivity index (χ2v) is 4.90. The second kappa shape index (κ2) is 3.69. The van der Waals surface area contributed by atoms with Crippen LogP contribution in [0.1, 0.15) is 0 Å². The molecule has 3 N–H and O–H groups in total. The number of halogens is 1. The van der Waals surface area contributed by atoms with Gasteiger partial charge in [0.05, 0.1) is 3.57 Å². The number of hydrogen-bond acceptors (Lipinski definition) is 4. The van der Waals surface area contributed by atoms with Crippen LogP contribution < -0.4 is 5.46 Å². The molecule has 0 spiro atoms. The van der Waals surface area contributed by atoms with Crippen molar-refractivity contribution in [2.45, 2.75) is 0 Å². The molecule has 2 aromatic rings. The summed E-state index contributed by atoms with van der Waals surface area (Å²) in [6, 6.07) is 5.23. The van der Waals surface area contributed by atoms with E-state index in [0.717, 1.165) is 25.0 Å². The summed E-state index contributed by atoms with van der Waals surface area (Å²) in [6.07, 6.45) is 0. The van der Waals surface area contributed by atoms with E-state index in [1.807, 2.05) is 28.7 Å². The molecule has 0 bridgehead atoms. The molecule has 0 radical (unpaired) electrons. The van der Waals surface area contributed by atoms with E-state index in [4.69, 9.17) is 10.0 Å². The molecule has 0 aliphatic rings. The third-order valence-corrected chi connectivity index (χ3v) is 4.46. The minimum Gasteiger partial charge on any atom is -0.499 e. The number of benzene rings is 1. The fourth-order valence-electron chi connectivity index (χ4n) is 1.30. The lowest BCUT2D eigenvalue weighted by molar-refractivity contribution is 0.426. The zero-order valence-electron chi connectivity index (χ0n) is 6.94. The number of fused-ring (bicyclic) bond motifs is 1. The molecule has 0 aliphatic carbocycles. The van der Waals surface area contributed by atoms with Crippen LogP contribution in [0.5, 0.6) is 5.06 Å². The molecular formula is C8H6BIO3S. The standard InChI is InChI=1S/C8H6BIO3S/c10-6-4-2-1-3-5(9(12)13)7(4)14-8(6)11/h1-3,11-13H. The van der Waals surface area contributed by atoms with Crippen LogP contribution in [0.2, 0.25) is 0 Å². The van der Waals surface area contributed by atoms with Crippen molar-refractivity contribution in [1.29, 1.82) is 0 Å². The number of aromatic hydroxyl groups is 1. The van der Waals surface area contributed by atoms with Gasteiger partial charge in [0.25, 0.3) is 0 Å². The van der Waals surface area contributed by atoms with Crippen molar-refractivity contribution in [3.63, 3.8) is 0 Å². The predicted octanol–water partition coefficient (Wildman–Crippen LogP) is 0.891. The van der Waals surface area contributed by atoms with Crippen molar-refractivity contribution in [2.75, 3.05) is 0 Å². The number of thiophene rings is 1. The number of hydrogen-bond donors (Lipinski definition) is 3. The van der Waals surface area contributed by atoms with Gasteiger partial charge in [0.15, 0.2) is 5.06 Å². The third kappa shape index (κ3) is 1.52. The van der Waals surface area contributed by atoms with Crippen molar-refractivity contribution < 1.29 is 15.2 Å². The van der Waals surface area contributed by atoms with E-state index in [-0.39, 0.29) is 5.06 Å². The Morgan fingerprint density at radius 2 is 2.00 bits per heavy atom. The van der Waals surface area contributed by atoms with Crippen LogP contribution in [0, 0.1) is 3.57 Å². The largest absolute Gasteiger partial charge is 0.499 e. The molecule has 3 nitrogen and oxygen atoms in total. The maximum Gasteiger partial charge on any atom is 0.489 e. The van der Waals surface area contributed by atoms with Crippen LogP contribution in [0.15, 0.2) is 18.2 Å². The van der Waals surface area contributed by atoms with Gasteiger partial charge < -0.3 is 15.2 Å². The summed E-state index contributed by atoms with van der Waals surface area (Å²) in [6.45, 7) is 0. The van der Waals surface area contributed by atoms with Crippen LogP contribution in [0.25, 0.3) is 10.1 Å². The zero-order chi connectivity index (χ0) is 10.3. The van der Waals surface area contributed by atoms with E-state index in [1.54, 1.807) is 12.1 Å². The topological polar surface area (TPSA) is 60.7 Å². The molecule has 0 saturated carbocycles. The zero-order valence-corrected chi connectivity index (χ0v) is 9.91. The molecule has 1 aromatic carbocycles. The first-order valence-corrected chi connectivity index (χ1v) is 5.77. The average Bonchev–Trinajstić information content (AvgIpc) is 2.43. The van der Waals surface area contributed by atoms with Gasteiger partial charge in [-0.1, -0.05) is 29.5 Å². The van der Waals surface area contributed by atoms with Gasteiger partial charge in [0.1, 0.15) is 0 Å². The molecule has 2 rings (SSSR count). The Kier molecular flexibility index (Phi) is 2.69. The smallest absolute Gasteiger partial charge is 0.489 e. The normalized spacial score (nSPS) is 10.8. The molecule has 0 saturated heterocycles. The molecule has 0 atom stereocenters. The minimum atomic E-state index is -1.49. The summed E-state index contributed by atoms with van der Waals surface area (Å²) in [4.78, 5) is 0. The molecule has 72 valence electrons. The Bertz CT molecular complexity index is 483. The highest BCUT2D eigenvalue weighted by Gasteiger charge is 2.18. The SMILES string of the molecule is OB(O)c1cccc2c(I)c(O)sc12. The van der Waals surface area contributed by atoms with E-state index >= 15 is 0 Å². The van der Waals surface area contributed by atoms with Gasteiger partial charge in [-0.25, -0.2) is 0 Å². The summed E-state index contributed by atoms with van der Waals surface area (Å²) in [7, 11) is -1.49. The van der Waals surface area contributed by atoms with E-state index in [2.05, 4.69) is 0 Å². The highest BCUT2D eigenvalue weighted by Crippen LogP contribution is 2.36. The molecule has 14 heavy (non-hydrogen) atoms. The molecule has 0 amide bonds. The van der Waals surface area contributed by atoms with Crippen LogP contribution in [0.4, 0.5) is 0 Å². The Balaban J connectivity index is 2.81. The first kappa shape index (κ1) is 10.2. The lowest BCUT2D eigenvalue weighted by Gasteiger charge is -1.99. The minimum absolute atomic E-state index is 0.216. The van der Waals surface area contributed by atoms with Crippen molar-refractivity contribution >= 4 is 56.6 Å². The van der Waals surface area contributed by atoms with Crippen molar-refractivity contribution in [1.82, 2.24) is 0 Å². The van der Waals surface area contributed by atoms with Crippen LogP contribution in [-0.2, 0) is 0 Å². The van der Waals surface area contributed by atoms with E-state index in [9.17, 15) is 5.11 Å². The van der Waals surface area contributed by atoms with Crippen LogP contribution >= 0.6 is 33.9 Å². The molecular weight excluding hydrogens is 314 g/mol. The Hall–Kier alpha value is -0.305. The maximum absolute atomic E-state index is 9.50. The molecule has 0 unspecified atom stereocenters. The first-order valence-electron chi connectivity index (χ1n) is 3.87. The van der Waals surface area contributed by atoms with Crippen molar-refractivity contribution in [3.05, 3.63) is 21.8 Å².